The Hall–Kier alpha value is -3.98. The van der Waals surface area contributed by atoms with Gasteiger partial charge in [-0.2, -0.15) is 0 Å². The monoisotopic (exact) mass is 519 g/mol. The molecule has 0 aliphatic heterocycles. The van der Waals surface area contributed by atoms with Gasteiger partial charge in [0.2, 0.25) is 11.8 Å². The Bertz CT molecular complexity index is 1230. The molecule has 9 nitrogen and oxygen atoms in total. The van der Waals surface area contributed by atoms with E-state index in [0.29, 0.717) is 37.9 Å². The minimum Gasteiger partial charge on any atom is -0.444 e. The van der Waals surface area contributed by atoms with Crippen LogP contribution < -0.4 is 21.7 Å². The van der Waals surface area contributed by atoms with Crippen LogP contribution in [0.25, 0.3) is 10.9 Å². The zero-order valence-corrected chi connectivity index (χ0v) is 22.2. The van der Waals surface area contributed by atoms with Crippen molar-refractivity contribution >= 4 is 34.5 Å². The predicted molar refractivity (Wildman–Crippen MR) is 149 cm³/mol. The molecule has 0 bridgehead atoms. The molecule has 0 radical (unpaired) electrons. The van der Waals surface area contributed by atoms with E-state index in [1.807, 2.05) is 60.7 Å². The number of nitrogens with two attached hydrogens (primary N) is 1. The number of ether oxygens (including phenoxy) is 1. The van der Waals surface area contributed by atoms with Gasteiger partial charge in [0.05, 0.1) is 17.4 Å². The van der Waals surface area contributed by atoms with E-state index < -0.39 is 29.7 Å². The van der Waals surface area contributed by atoms with Gasteiger partial charge in [0.25, 0.3) is 0 Å². The van der Waals surface area contributed by atoms with Crippen molar-refractivity contribution in [3.8, 4) is 0 Å². The van der Waals surface area contributed by atoms with Crippen molar-refractivity contribution in [1.82, 2.24) is 15.6 Å². The molecule has 9 heteroatoms. The predicted octanol–water partition coefficient (Wildman–Crippen LogP) is 3.92. The fraction of sp³-hybridized carbons (Fsp3) is 0.379. The smallest absolute Gasteiger partial charge is 0.408 e. The van der Waals surface area contributed by atoms with E-state index in [2.05, 4.69) is 20.9 Å². The van der Waals surface area contributed by atoms with Gasteiger partial charge in [0, 0.05) is 5.39 Å². The number of benzene rings is 2. The Morgan fingerprint density at radius 1 is 0.921 bits per heavy atom. The van der Waals surface area contributed by atoms with Crippen LogP contribution in [0.3, 0.4) is 0 Å². The number of anilines is 1. The summed E-state index contributed by atoms with van der Waals surface area (Å²) in [6.07, 6.45) is 2.63. The number of fused-ring (bicyclic) bond motifs is 1. The molecule has 0 unspecified atom stereocenters. The highest BCUT2D eigenvalue weighted by Gasteiger charge is 2.28. The minimum atomic E-state index is -0.900. The number of pyridine rings is 1. The number of alkyl carbamates (subject to hydrolysis) is 1. The molecule has 1 heterocycles. The lowest BCUT2D eigenvalue weighted by molar-refractivity contribution is -0.128. The second kappa shape index (κ2) is 13.5. The van der Waals surface area contributed by atoms with E-state index >= 15 is 0 Å². The van der Waals surface area contributed by atoms with Crippen LogP contribution in [0.15, 0.2) is 66.9 Å². The highest BCUT2D eigenvalue weighted by molar-refractivity contribution is 5.99. The van der Waals surface area contributed by atoms with Crippen molar-refractivity contribution in [2.24, 2.45) is 5.73 Å². The Balaban J connectivity index is 1.76. The first-order chi connectivity index (χ1) is 18.1. The number of hydrogen-bond donors (Lipinski definition) is 4. The third-order valence-electron chi connectivity index (χ3n) is 5.76. The van der Waals surface area contributed by atoms with Gasteiger partial charge in [-0.3, -0.25) is 14.6 Å². The number of aryl methyl sites for hydroxylation is 1. The first kappa shape index (κ1) is 28.6. The normalized spacial score (nSPS) is 12.8. The SMILES string of the molecule is CC(C)(C)OC(=O)N[C@@H](CCCN)C(=O)N[C@H](CCc1ccccc1)C(=O)Nc1cnc2ccccc2c1. The number of hydrogen-bond acceptors (Lipinski definition) is 6. The van der Waals surface area contributed by atoms with Crippen LogP contribution >= 0.6 is 0 Å². The summed E-state index contributed by atoms with van der Waals surface area (Å²) in [5.74, 6) is -0.852. The summed E-state index contributed by atoms with van der Waals surface area (Å²) < 4.78 is 5.32. The molecule has 0 spiro atoms. The number of nitrogens with zero attached hydrogens (tertiary/aromatic N) is 1. The van der Waals surface area contributed by atoms with Crippen LogP contribution in [-0.2, 0) is 20.7 Å². The van der Waals surface area contributed by atoms with Crippen LogP contribution in [0, 0.1) is 0 Å². The largest absolute Gasteiger partial charge is 0.444 e. The molecule has 1 aromatic heterocycles. The zero-order valence-electron chi connectivity index (χ0n) is 22.2. The lowest BCUT2D eigenvalue weighted by Gasteiger charge is -2.25. The van der Waals surface area contributed by atoms with Crippen molar-refractivity contribution < 1.29 is 19.1 Å². The Kier molecular flexibility index (Phi) is 10.2. The fourth-order valence-corrected chi connectivity index (χ4v) is 3.91. The Morgan fingerprint density at radius 3 is 2.32 bits per heavy atom. The molecular formula is C29H37N5O4. The molecule has 0 fully saturated rings. The second-order valence-electron chi connectivity index (χ2n) is 10.1. The summed E-state index contributed by atoms with van der Waals surface area (Å²) in [7, 11) is 0. The van der Waals surface area contributed by atoms with E-state index in [4.69, 9.17) is 10.5 Å². The molecule has 2 aromatic carbocycles. The molecule has 2 atom stereocenters. The maximum atomic E-state index is 13.4. The van der Waals surface area contributed by atoms with Crippen LogP contribution in [-0.4, -0.2) is 47.1 Å². The maximum Gasteiger partial charge on any atom is 0.408 e. The summed E-state index contributed by atoms with van der Waals surface area (Å²) in [5, 5.41) is 9.23. The van der Waals surface area contributed by atoms with Crippen LogP contribution in [0.1, 0.15) is 45.6 Å². The van der Waals surface area contributed by atoms with Gasteiger partial charge in [0.1, 0.15) is 17.7 Å². The standard InChI is InChI=1S/C29H37N5O4/c1-29(2,3)38-28(37)34-24(14-9-17-30)27(36)33-25(16-15-20-10-5-4-6-11-20)26(35)32-22-18-21-12-7-8-13-23(21)31-19-22/h4-8,10-13,18-19,24-25H,9,14-17,30H2,1-3H3,(H,32,35)(H,33,36)(H,34,37)/t24-,25+/m0/s1. The van der Waals surface area contributed by atoms with Crippen molar-refractivity contribution in [1.29, 1.82) is 0 Å². The number of carbonyl (C=O) groups excluding carboxylic acids is 3. The number of aromatic nitrogens is 1. The van der Waals surface area contributed by atoms with Crippen molar-refractivity contribution in [3.05, 3.63) is 72.4 Å². The number of rotatable bonds is 11. The molecule has 38 heavy (non-hydrogen) atoms. The van der Waals surface area contributed by atoms with Crippen molar-refractivity contribution in [2.75, 3.05) is 11.9 Å². The zero-order chi connectivity index (χ0) is 27.5. The van der Waals surface area contributed by atoms with Gasteiger partial charge in [-0.1, -0.05) is 48.5 Å². The molecule has 0 saturated carbocycles. The lowest BCUT2D eigenvalue weighted by Crippen LogP contribution is -2.53. The molecule has 3 amide bonds. The quantitative estimate of drug-likeness (QED) is 0.303. The van der Waals surface area contributed by atoms with Crippen molar-refractivity contribution in [2.45, 2.75) is 64.1 Å². The van der Waals surface area contributed by atoms with Gasteiger partial charge in [-0.15, -0.1) is 0 Å². The first-order valence-electron chi connectivity index (χ1n) is 12.8. The molecule has 0 aliphatic carbocycles. The highest BCUT2D eigenvalue weighted by Crippen LogP contribution is 2.17. The third-order valence-corrected chi connectivity index (χ3v) is 5.76. The van der Waals surface area contributed by atoms with Gasteiger partial charge < -0.3 is 26.4 Å². The molecule has 202 valence electrons. The highest BCUT2D eigenvalue weighted by atomic mass is 16.6. The van der Waals surface area contributed by atoms with E-state index in [0.717, 1.165) is 16.5 Å². The second-order valence-corrected chi connectivity index (χ2v) is 10.1. The van der Waals surface area contributed by atoms with Crippen LogP contribution in [0.4, 0.5) is 10.5 Å². The first-order valence-corrected chi connectivity index (χ1v) is 12.8. The average Bonchev–Trinajstić information content (AvgIpc) is 2.88. The van der Waals surface area contributed by atoms with Gasteiger partial charge >= 0.3 is 6.09 Å². The van der Waals surface area contributed by atoms with Crippen LogP contribution in [0.5, 0.6) is 0 Å². The Labute approximate surface area is 223 Å². The number of nitrogens with one attached hydrogen (secondary N) is 3. The molecule has 0 saturated heterocycles. The van der Waals surface area contributed by atoms with Gasteiger partial charge in [0.15, 0.2) is 0 Å². The number of para-hydroxylation sites is 1. The maximum absolute atomic E-state index is 13.4. The fourth-order valence-electron chi connectivity index (χ4n) is 3.91. The van der Waals surface area contributed by atoms with Gasteiger partial charge in [-0.25, -0.2) is 4.79 Å². The van der Waals surface area contributed by atoms with Crippen LogP contribution in [0.2, 0.25) is 0 Å². The van der Waals surface area contributed by atoms with E-state index in [9.17, 15) is 14.4 Å². The van der Waals surface area contributed by atoms with E-state index in [1.54, 1.807) is 27.0 Å². The van der Waals surface area contributed by atoms with Gasteiger partial charge in [-0.05, 0) is 70.7 Å². The number of carbonyl (C=O) groups is 3. The average molecular weight is 520 g/mol. The topological polar surface area (TPSA) is 135 Å². The third kappa shape index (κ3) is 9.15. The summed E-state index contributed by atoms with van der Waals surface area (Å²) >= 11 is 0. The Morgan fingerprint density at radius 2 is 1.61 bits per heavy atom. The summed E-state index contributed by atoms with van der Waals surface area (Å²) in [6.45, 7) is 5.58. The molecular weight excluding hydrogens is 482 g/mol. The lowest BCUT2D eigenvalue weighted by atomic mass is 10.0. The van der Waals surface area contributed by atoms with Crippen molar-refractivity contribution in [3.63, 3.8) is 0 Å². The molecule has 5 N–H and O–H groups in total. The molecule has 3 rings (SSSR count). The number of amides is 3. The molecule has 3 aromatic rings. The summed E-state index contributed by atoms with van der Waals surface area (Å²) in [6, 6.07) is 17.4. The van der Waals surface area contributed by atoms with E-state index in [1.165, 1.54) is 0 Å². The summed E-state index contributed by atoms with van der Waals surface area (Å²) in [5.41, 5.74) is 7.32. The minimum absolute atomic E-state index is 0.309. The van der Waals surface area contributed by atoms with E-state index in [-0.39, 0.29) is 5.91 Å². The molecule has 0 aliphatic rings. The summed E-state index contributed by atoms with van der Waals surface area (Å²) in [4.78, 5) is 43.4.